The van der Waals surface area contributed by atoms with Gasteiger partial charge in [0.05, 0.1) is 13.5 Å². The van der Waals surface area contributed by atoms with Gasteiger partial charge >= 0.3 is 5.97 Å². The summed E-state index contributed by atoms with van der Waals surface area (Å²) in [5, 5.41) is 14.6. The Balaban J connectivity index is 2.03. The molecule has 2 rings (SSSR count). The number of carbonyl (C=O) groups excluding carboxylic acids is 1. The zero-order valence-electron chi connectivity index (χ0n) is 11.3. The molecular weight excluding hydrogens is 276 g/mol. The van der Waals surface area contributed by atoms with Gasteiger partial charge in [0.15, 0.2) is 11.5 Å². The molecule has 7 heteroatoms. The van der Waals surface area contributed by atoms with Crippen LogP contribution in [0.4, 0.5) is 0 Å². The van der Waals surface area contributed by atoms with Crippen molar-refractivity contribution in [2.75, 3.05) is 13.7 Å². The highest BCUT2D eigenvalue weighted by molar-refractivity contribution is 5.93. The summed E-state index contributed by atoms with van der Waals surface area (Å²) in [5.74, 6) is -0.292. The van der Waals surface area contributed by atoms with Crippen molar-refractivity contribution in [2.24, 2.45) is 0 Å². The molecule has 0 saturated carbocycles. The quantitative estimate of drug-likeness (QED) is 0.837. The summed E-state index contributed by atoms with van der Waals surface area (Å²) in [4.78, 5) is 22.1. The van der Waals surface area contributed by atoms with E-state index in [2.05, 4.69) is 10.5 Å². The topological polar surface area (TPSA) is 102 Å². The molecule has 1 aromatic carbocycles. The van der Waals surface area contributed by atoms with Crippen molar-refractivity contribution >= 4 is 11.9 Å². The molecule has 0 atom stereocenters. The average molecular weight is 290 g/mol. The Morgan fingerprint density at radius 2 is 2.05 bits per heavy atom. The third kappa shape index (κ3) is 3.82. The fraction of sp³-hybridized carbons (Fsp3) is 0.214. The highest BCUT2D eigenvalue weighted by atomic mass is 16.5. The molecule has 0 aliphatic heterocycles. The zero-order chi connectivity index (χ0) is 15.2. The minimum Gasteiger partial charge on any atom is -0.497 e. The molecular formula is C14H14N2O5. The molecule has 1 amide bonds. The highest BCUT2D eigenvalue weighted by Gasteiger charge is 2.13. The van der Waals surface area contributed by atoms with Gasteiger partial charge in [0.2, 0.25) is 0 Å². The lowest BCUT2D eigenvalue weighted by molar-refractivity contribution is -0.136. The summed E-state index contributed by atoms with van der Waals surface area (Å²) in [6.45, 7) is 0.0406. The van der Waals surface area contributed by atoms with E-state index < -0.39 is 11.9 Å². The van der Waals surface area contributed by atoms with Crippen LogP contribution < -0.4 is 10.1 Å². The highest BCUT2D eigenvalue weighted by Crippen LogP contribution is 2.22. The molecule has 1 heterocycles. The van der Waals surface area contributed by atoms with E-state index in [4.69, 9.17) is 14.4 Å². The zero-order valence-corrected chi connectivity index (χ0v) is 11.3. The van der Waals surface area contributed by atoms with Crippen LogP contribution in [0.25, 0.3) is 11.3 Å². The van der Waals surface area contributed by atoms with Gasteiger partial charge in [-0.25, -0.2) is 0 Å². The van der Waals surface area contributed by atoms with Crippen molar-refractivity contribution in [3.05, 3.63) is 36.0 Å². The van der Waals surface area contributed by atoms with E-state index in [9.17, 15) is 9.59 Å². The van der Waals surface area contributed by atoms with E-state index in [1.807, 2.05) is 0 Å². The predicted molar refractivity (Wildman–Crippen MR) is 73.1 cm³/mol. The molecule has 0 aliphatic rings. The first-order chi connectivity index (χ1) is 10.1. The summed E-state index contributed by atoms with van der Waals surface area (Å²) in [6.07, 6.45) is -0.144. The van der Waals surface area contributed by atoms with E-state index >= 15 is 0 Å². The first-order valence-corrected chi connectivity index (χ1v) is 6.21. The van der Waals surface area contributed by atoms with Gasteiger partial charge in [-0.3, -0.25) is 9.59 Å². The van der Waals surface area contributed by atoms with Crippen LogP contribution in [-0.4, -0.2) is 35.8 Å². The van der Waals surface area contributed by atoms with Crippen LogP contribution in [0.3, 0.4) is 0 Å². The number of ether oxygens (including phenoxy) is 1. The molecule has 0 aliphatic carbocycles. The molecule has 0 bridgehead atoms. The maximum absolute atomic E-state index is 11.7. The Kier molecular flexibility index (Phi) is 4.55. The molecule has 0 unspecified atom stereocenters. The lowest BCUT2D eigenvalue weighted by atomic mass is 10.1. The number of carboxylic acid groups (broad SMARTS) is 1. The van der Waals surface area contributed by atoms with Crippen LogP contribution in [0.2, 0.25) is 0 Å². The smallest absolute Gasteiger partial charge is 0.305 e. The molecule has 0 saturated heterocycles. The van der Waals surface area contributed by atoms with Gasteiger partial charge < -0.3 is 19.7 Å². The van der Waals surface area contributed by atoms with Gasteiger partial charge in [-0.15, -0.1) is 0 Å². The van der Waals surface area contributed by atoms with Gasteiger partial charge in [-0.1, -0.05) is 5.16 Å². The molecule has 2 aromatic rings. The van der Waals surface area contributed by atoms with Crippen molar-refractivity contribution in [3.63, 3.8) is 0 Å². The van der Waals surface area contributed by atoms with Crippen molar-refractivity contribution in [1.29, 1.82) is 0 Å². The number of hydrogen-bond acceptors (Lipinski definition) is 5. The van der Waals surface area contributed by atoms with Crippen molar-refractivity contribution < 1.29 is 24.0 Å². The Hall–Kier alpha value is -2.83. The minimum atomic E-state index is -0.977. The maximum atomic E-state index is 11.7. The Bertz CT molecular complexity index is 633. The summed E-state index contributed by atoms with van der Waals surface area (Å²) in [5.41, 5.74) is 0.860. The van der Waals surface area contributed by atoms with Gasteiger partial charge in [-0.2, -0.15) is 0 Å². The van der Waals surface area contributed by atoms with E-state index in [0.29, 0.717) is 11.5 Å². The SMILES string of the molecule is COc1ccc(-c2cc(C(=O)NCCC(=O)O)no2)cc1. The van der Waals surface area contributed by atoms with Gasteiger partial charge in [0.1, 0.15) is 5.75 Å². The first-order valence-electron chi connectivity index (χ1n) is 6.21. The fourth-order valence-corrected chi connectivity index (χ4v) is 1.65. The Morgan fingerprint density at radius 1 is 1.33 bits per heavy atom. The van der Waals surface area contributed by atoms with E-state index in [-0.39, 0.29) is 18.7 Å². The van der Waals surface area contributed by atoms with Crippen LogP contribution in [0.5, 0.6) is 5.75 Å². The van der Waals surface area contributed by atoms with Crippen LogP contribution in [0.15, 0.2) is 34.9 Å². The van der Waals surface area contributed by atoms with Gasteiger partial charge in [-0.05, 0) is 24.3 Å². The third-order valence-corrected chi connectivity index (χ3v) is 2.74. The average Bonchev–Trinajstić information content (AvgIpc) is 2.97. The normalized spacial score (nSPS) is 10.1. The number of methoxy groups -OCH3 is 1. The molecule has 1 aromatic heterocycles. The fourth-order valence-electron chi connectivity index (χ4n) is 1.65. The van der Waals surface area contributed by atoms with Crippen LogP contribution in [0, 0.1) is 0 Å². The number of nitrogens with one attached hydrogen (secondary N) is 1. The van der Waals surface area contributed by atoms with Crippen molar-refractivity contribution in [2.45, 2.75) is 6.42 Å². The lowest BCUT2D eigenvalue weighted by Gasteiger charge is -1.99. The van der Waals surface area contributed by atoms with E-state index in [0.717, 1.165) is 5.56 Å². The summed E-state index contributed by atoms with van der Waals surface area (Å²) >= 11 is 0. The van der Waals surface area contributed by atoms with Gasteiger partial charge in [0.25, 0.3) is 5.91 Å². The molecule has 7 nitrogen and oxygen atoms in total. The molecule has 0 fully saturated rings. The molecule has 110 valence electrons. The number of aromatic nitrogens is 1. The van der Waals surface area contributed by atoms with Crippen LogP contribution in [0.1, 0.15) is 16.9 Å². The number of benzene rings is 1. The lowest BCUT2D eigenvalue weighted by Crippen LogP contribution is -2.26. The van der Waals surface area contributed by atoms with Crippen molar-refractivity contribution in [1.82, 2.24) is 10.5 Å². The standard InChI is InChI=1S/C14H14N2O5/c1-20-10-4-2-9(3-5-10)12-8-11(16-21-12)14(19)15-7-6-13(17)18/h2-5,8H,6-7H2,1H3,(H,15,19)(H,17,18). The minimum absolute atomic E-state index is 0.0406. The first kappa shape index (κ1) is 14.6. The maximum Gasteiger partial charge on any atom is 0.305 e. The van der Waals surface area contributed by atoms with E-state index in [1.54, 1.807) is 31.4 Å². The Labute approximate surface area is 120 Å². The molecule has 0 radical (unpaired) electrons. The number of carboxylic acids is 1. The second kappa shape index (κ2) is 6.56. The predicted octanol–water partition coefficient (Wildman–Crippen LogP) is 1.55. The number of rotatable bonds is 6. The molecule has 0 spiro atoms. The third-order valence-electron chi connectivity index (χ3n) is 2.74. The summed E-state index contributed by atoms with van der Waals surface area (Å²) in [6, 6.07) is 8.60. The second-order valence-corrected chi connectivity index (χ2v) is 4.20. The number of carbonyl (C=O) groups is 2. The number of nitrogens with zero attached hydrogens (tertiary/aromatic N) is 1. The monoisotopic (exact) mass is 290 g/mol. The van der Waals surface area contributed by atoms with Crippen LogP contribution in [-0.2, 0) is 4.79 Å². The van der Waals surface area contributed by atoms with E-state index in [1.165, 1.54) is 6.07 Å². The largest absolute Gasteiger partial charge is 0.497 e. The number of hydrogen-bond donors (Lipinski definition) is 2. The van der Waals surface area contributed by atoms with Crippen molar-refractivity contribution in [3.8, 4) is 17.1 Å². The van der Waals surface area contributed by atoms with Crippen LogP contribution >= 0.6 is 0 Å². The Morgan fingerprint density at radius 3 is 2.67 bits per heavy atom. The van der Waals surface area contributed by atoms with Gasteiger partial charge in [0, 0.05) is 18.2 Å². The molecule has 2 N–H and O–H groups in total. The number of amides is 1. The summed E-state index contributed by atoms with van der Waals surface area (Å²) < 4.78 is 10.2. The summed E-state index contributed by atoms with van der Waals surface area (Å²) in [7, 11) is 1.57. The number of aliphatic carboxylic acids is 1. The second-order valence-electron chi connectivity index (χ2n) is 4.20. The molecule has 21 heavy (non-hydrogen) atoms.